The number of halogens is 1. The van der Waals surface area contributed by atoms with Crippen LogP contribution in [0.15, 0.2) is 211 Å². The fourth-order valence-electron chi connectivity index (χ4n) is 9.95. The topological polar surface area (TPSA) is 3.24 Å². The van der Waals surface area contributed by atoms with Crippen LogP contribution in [0, 0.1) is 6.92 Å². The molecule has 0 saturated carbocycles. The fraction of sp³-hybridized carbons (Fsp3) is 0.143. The smallest absolute Gasteiger partial charge is 0.0462 e. The van der Waals surface area contributed by atoms with Crippen molar-refractivity contribution >= 4 is 65.3 Å². The van der Waals surface area contributed by atoms with Crippen molar-refractivity contribution in [2.45, 2.75) is 58.8 Å². The van der Waals surface area contributed by atoms with Crippen LogP contribution in [0.5, 0.6) is 0 Å². The van der Waals surface area contributed by atoms with Crippen molar-refractivity contribution in [3.05, 3.63) is 222 Å². The lowest BCUT2D eigenvalue weighted by molar-refractivity contribution is 0.608. The van der Waals surface area contributed by atoms with Crippen LogP contribution in [0.1, 0.15) is 56.6 Å². The molecule has 0 N–H and O–H groups in total. The van der Waals surface area contributed by atoms with E-state index in [4.69, 9.17) is 0 Å². The van der Waals surface area contributed by atoms with Crippen molar-refractivity contribution in [2.75, 3.05) is 4.90 Å². The standard InChI is InChI=1S/C63H54BrN/c1-3-4-5-6-7-9-21-50-43-60(57-24-15-17-26-59(57)63(50)62-44(2)27-28-47-20-12-13-22-55(47)62)49-33-39-53(40-34-49)65(51-35-29-46(30-36-51)45-18-10-8-11-19-45)52-37-31-48(32-38-52)54-41-42-61(64)58-25-16-14-23-56(54)58/h8,10-20,22-43H,3-7,9,21H2,1-2H3. The molecule has 0 aliphatic rings. The van der Waals surface area contributed by atoms with Crippen LogP contribution in [0.3, 0.4) is 0 Å². The van der Waals surface area contributed by atoms with Crippen molar-refractivity contribution in [3.63, 3.8) is 0 Å². The molecule has 318 valence electrons. The average molecular weight is 905 g/mol. The zero-order valence-corrected chi connectivity index (χ0v) is 39.0. The summed E-state index contributed by atoms with van der Waals surface area (Å²) in [6, 6.07) is 76.1. The summed E-state index contributed by atoms with van der Waals surface area (Å²) in [4.78, 5) is 2.39. The highest BCUT2D eigenvalue weighted by molar-refractivity contribution is 9.10. The third-order valence-electron chi connectivity index (χ3n) is 13.3. The van der Waals surface area contributed by atoms with E-state index in [1.807, 2.05) is 0 Å². The molecule has 0 radical (unpaired) electrons. The fourth-order valence-corrected chi connectivity index (χ4v) is 10.4. The third-order valence-corrected chi connectivity index (χ3v) is 14.0. The van der Waals surface area contributed by atoms with Crippen LogP contribution < -0.4 is 4.90 Å². The zero-order valence-electron chi connectivity index (χ0n) is 37.4. The van der Waals surface area contributed by atoms with Gasteiger partial charge < -0.3 is 4.90 Å². The Balaban J connectivity index is 1.07. The molecule has 0 saturated heterocycles. The first-order valence-electron chi connectivity index (χ1n) is 23.4. The summed E-state index contributed by atoms with van der Waals surface area (Å²) in [5.74, 6) is 0. The highest BCUT2D eigenvalue weighted by atomic mass is 79.9. The summed E-state index contributed by atoms with van der Waals surface area (Å²) in [6.07, 6.45) is 8.71. The van der Waals surface area contributed by atoms with Crippen LogP contribution in [0.25, 0.3) is 76.8 Å². The number of fused-ring (bicyclic) bond motifs is 3. The summed E-state index contributed by atoms with van der Waals surface area (Å²) in [5, 5.41) is 7.69. The molecule has 65 heavy (non-hydrogen) atoms. The molecule has 0 unspecified atom stereocenters. The van der Waals surface area contributed by atoms with Gasteiger partial charge in [-0.15, -0.1) is 0 Å². The van der Waals surface area contributed by atoms with Crippen molar-refractivity contribution in [2.24, 2.45) is 0 Å². The number of hydrogen-bond acceptors (Lipinski definition) is 1. The second-order valence-electron chi connectivity index (χ2n) is 17.5. The normalized spacial score (nSPS) is 11.4. The van der Waals surface area contributed by atoms with E-state index in [1.54, 1.807) is 0 Å². The Kier molecular flexibility index (Phi) is 12.4. The highest BCUT2D eigenvalue weighted by Crippen LogP contribution is 2.45. The van der Waals surface area contributed by atoms with Gasteiger partial charge in [0.15, 0.2) is 0 Å². The van der Waals surface area contributed by atoms with Gasteiger partial charge in [-0.1, -0.05) is 213 Å². The highest BCUT2D eigenvalue weighted by Gasteiger charge is 2.20. The van der Waals surface area contributed by atoms with Crippen molar-refractivity contribution in [1.82, 2.24) is 0 Å². The second kappa shape index (κ2) is 19.2. The Hall–Kier alpha value is -6.74. The van der Waals surface area contributed by atoms with Gasteiger partial charge in [-0.2, -0.15) is 0 Å². The average Bonchev–Trinajstić information content (AvgIpc) is 3.36. The number of benzene rings is 10. The van der Waals surface area contributed by atoms with Gasteiger partial charge in [0, 0.05) is 21.5 Å². The second-order valence-corrected chi connectivity index (χ2v) is 18.3. The summed E-state index contributed by atoms with van der Waals surface area (Å²) >= 11 is 3.78. The van der Waals surface area contributed by atoms with E-state index in [1.165, 1.54) is 126 Å². The third kappa shape index (κ3) is 8.64. The Labute approximate surface area is 393 Å². The molecule has 0 aliphatic carbocycles. The number of anilines is 3. The molecule has 10 aromatic rings. The maximum Gasteiger partial charge on any atom is 0.0462 e. The minimum absolute atomic E-state index is 1.05. The molecule has 2 heteroatoms. The largest absolute Gasteiger partial charge is 0.311 e. The van der Waals surface area contributed by atoms with Crippen LogP contribution in [-0.2, 0) is 6.42 Å². The molecule has 1 nitrogen and oxygen atoms in total. The molecule has 0 fully saturated rings. The van der Waals surface area contributed by atoms with Crippen molar-refractivity contribution < 1.29 is 0 Å². The summed E-state index contributed by atoms with van der Waals surface area (Å²) in [6.45, 7) is 4.59. The Bertz CT molecular complexity index is 3240. The Morgan fingerprint density at radius 3 is 1.55 bits per heavy atom. The molecule has 10 aromatic carbocycles. The van der Waals surface area contributed by atoms with E-state index in [2.05, 4.69) is 241 Å². The van der Waals surface area contributed by atoms with Gasteiger partial charge in [-0.25, -0.2) is 0 Å². The van der Waals surface area contributed by atoms with E-state index >= 15 is 0 Å². The van der Waals surface area contributed by atoms with Gasteiger partial charge in [0.2, 0.25) is 0 Å². The minimum Gasteiger partial charge on any atom is -0.311 e. The lowest BCUT2D eigenvalue weighted by atomic mass is 9.83. The monoisotopic (exact) mass is 903 g/mol. The van der Waals surface area contributed by atoms with Crippen molar-refractivity contribution in [1.29, 1.82) is 0 Å². The SMILES string of the molecule is CCCCCCCCc1cc(-c2ccc(N(c3ccc(-c4ccccc4)cc3)c3ccc(-c4ccc(Br)c5ccccc45)cc3)cc2)c2ccccc2c1-c1c(C)ccc2ccccc12. The molecular weight excluding hydrogens is 851 g/mol. The van der Waals surface area contributed by atoms with Crippen LogP contribution >= 0.6 is 15.9 Å². The Morgan fingerprint density at radius 1 is 0.385 bits per heavy atom. The first-order chi connectivity index (χ1) is 32.1. The lowest BCUT2D eigenvalue weighted by Crippen LogP contribution is -2.09. The summed E-state index contributed by atoms with van der Waals surface area (Å²) in [7, 11) is 0. The van der Waals surface area contributed by atoms with Gasteiger partial charge in [-0.3, -0.25) is 0 Å². The number of aryl methyl sites for hydroxylation is 2. The van der Waals surface area contributed by atoms with E-state index in [-0.39, 0.29) is 0 Å². The van der Waals surface area contributed by atoms with Gasteiger partial charge >= 0.3 is 0 Å². The van der Waals surface area contributed by atoms with Crippen LogP contribution in [-0.4, -0.2) is 0 Å². The van der Waals surface area contributed by atoms with E-state index in [0.29, 0.717) is 0 Å². The van der Waals surface area contributed by atoms with Gasteiger partial charge in [0.1, 0.15) is 0 Å². The van der Waals surface area contributed by atoms with Crippen LogP contribution in [0.4, 0.5) is 17.1 Å². The quantitative estimate of drug-likeness (QED) is 0.0983. The van der Waals surface area contributed by atoms with E-state index < -0.39 is 0 Å². The van der Waals surface area contributed by atoms with Crippen molar-refractivity contribution in [3.8, 4) is 44.5 Å². The molecule has 0 amide bonds. The summed E-state index contributed by atoms with van der Waals surface area (Å²) in [5.41, 5.74) is 16.2. The number of unbranched alkanes of at least 4 members (excludes halogenated alkanes) is 5. The first-order valence-corrected chi connectivity index (χ1v) is 24.2. The zero-order chi connectivity index (χ0) is 44.1. The maximum absolute atomic E-state index is 3.78. The Morgan fingerprint density at radius 2 is 0.892 bits per heavy atom. The first kappa shape index (κ1) is 42.2. The van der Waals surface area contributed by atoms with Gasteiger partial charge in [-0.05, 0) is 156 Å². The van der Waals surface area contributed by atoms with E-state index in [0.717, 1.165) is 28.0 Å². The van der Waals surface area contributed by atoms with Crippen LogP contribution in [0.2, 0.25) is 0 Å². The maximum atomic E-state index is 3.78. The summed E-state index contributed by atoms with van der Waals surface area (Å²) < 4.78 is 1.11. The molecule has 0 spiro atoms. The van der Waals surface area contributed by atoms with Gasteiger partial charge in [0.25, 0.3) is 0 Å². The predicted molar refractivity (Wildman–Crippen MR) is 285 cm³/mol. The number of hydrogen-bond donors (Lipinski definition) is 0. The molecule has 0 bridgehead atoms. The van der Waals surface area contributed by atoms with Gasteiger partial charge in [0.05, 0.1) is 0 Å². The molecule has 0 aromatic heterocycles. The molecule has 0 heterocycles. The molecule has 0 atom stereocenters. The lowest BCUT2D eigenvalue weighted by Gasteiger charge is -2.26. The minimum atomic E-state index is 1.05. The molecule has 0 aliphatic heterocycles. The predicted octanol–water partition coefficient (Wildman–Crippen LogP) is 19.3. The molecular formula is C63H54BrN. The number of nitrogens with zero attached hydrogens (tertiary/aromatic N) is 1. The molecule has 10 rings (SSSR count). The number of rotatable bonds is 14. The van der Waals surface area contributed by atoms with E-state index in [9.17, 15) is 0 Å².